The van der Waals surface area contributed by atoms with Crippen molar-refractivity contribution in [3.05, 3.63) is 29.3 Å². The third kappa shape index (κ3) is 6.60. The zero-order valence-electron chi connectivity index (χ0n) is 12.7. The van der Waals surface area contributed by atoms with E-state index in [0.29, 0.717) is 5.92 Å². The standard InChI is InChI=1S/C16H27NO2/c1-13(2)7-9-19-10-8-17-12-15-11-14(3)5-6-16(15)18-4/h5-6,11,13,17H,7-10,12H2,1-4H3. The van der Waals surface area contributed by atoms with Crippen molar-refractivity contribution >= 4 is 0 Å². The molecule has 1 N–H and O–H groups in total. The van der Waals surface area contributed by atoms with Crippen molar-refractivity contribution in [2.24, 2.45) is 5.92 Å². The van der Waals surface area contributed by atoms with Gasteiger partial charge in [-0.1, -0.05) is 31.5 Å². The Kier molecular flexibility index (Phi) is 7.53. The Labute approximate surface area is 117 Å². The maximum atomic E-state index is 5.57. The molecule has 1 rings (SSSR count). The highest BCUT2D eigenvalue weighted by Gasteiger charge is 2.02. The molecule has 0 heterocycles. The summed E-state index contributed by atoms with van der Waals surface area (Å²) in [5.41, 5.74) is 2.45. The summed E-state index contributed by atoms with van der Waals surface area (Å²) in [4.78, 5) is 0. The third-order valence-corrected chi connectivity index (χ3v) is 3.01. The van der Waals surface area contributed by atoms with Crippen LogP contribution in [0.2, 0.25) is 0 Å². The lowest BCUT2D eigenvalue weighted by molar-refractivity contribution is 0.125. The average molecular weight is 265 g/mol. The molecule has 0 spiro atoms. The van der Waals surface area contributed by atoms with Crippen LogP contribution in [0.15, 0.2) is 18.2 Å². The van der Waals surface area contributed by atoms with Gasteiger partial charge in [0.2, 0.25) is 0 Å². The quantitative estimate of drug-likeness (QED) is 0.696. The van der Waals surface area contributed by atoms with Crippen LogP contribution in [-0.2, 0) is 11.3 Å². The molecule has 0 amide bonds. The molecule has 0 saturated heterocycles. The highest BCUT2D eigenvalue weighted by Crippen LogP contribution is 2.19. The molecule has 0 bridgehead atoms. The van der Waals surface area contributed by atoms with Gasteiger partial charge < -0.3 is 14.8 Å². The molecule has 0 aliphatic rings. The van der Waals surface area contributed by atoms with Gasteiger partial charge in [-0.05, 0) is 25.3 Å². The molecule has 0 radical (unpaired) electrons. The van der Waals surface area contributed by atoms with Crippen molar-refractivity contribution in [3.63, 3.8) is 0 Å². The Bertz CT molecular complexity index is 364. The molecular weight excluding hydrogens is 238 g/mol. The molecule has 19 heavy (non-hydrogen) atoms. The Morgan fingerprint density at radius 1 is 1.21 bits per heavy atom. The SMILES string of the molecule is COc1ccc(C)cc1CNCCOCCC(C)C. The van der Waals surface area contributed by atoms with Crippen molar-refractivity contribution in [2.75, 3.05) is 26.9 Å². The Balaban J connectivity index is 2.20. The molecular formula is C16H27NO2. The summed E-state index contributed by atoms with van der Waals surface area (Å²) in [7, 11) is 1.71. The van der Waals surface area contributed by atoms with Gasteiger partial charge >= 0.3 is 0 Å². The number of methoxy groups -OCH3 is 1. The van der Waals surface area contributed by atoms with Gasteiger partial charge in [0.25, 0.3) is 0 Å². The predicted octanol–water partition coefficient (Wildman–Crippen LogP) is 3.16. The second-order valence-electron chi connectivity index (χ2n) is 5.29. The van der Waals surface area contributed by atoms with Crippen LogP contribution >= 0.6 is 0 Å². The molecule has 0 saturated carbocycles. The van der Waals surface area contributed by atoms with Crippen molar-refractivity contribution < 1.29 is 9.47 Å². The zero-order chi connectivity index (χ0) is 14.1. The molecule has 3 nitrogen and oxygen atoms in total. The van der Waals surface area contributed by atoms with Crippen LogP contribution in [0.25, 0.3) is 0 Å². The lowest BCUT2D eigenvalue weighted by atomic mass is 10.1. The smallest absolute Gasteiger partial charge is 0.123 e. The summed E-state index contributed by atoms with van der Waals surface area (Å²) in [5, 5.41) is 3.39. The van der Waals surface area contributed by atoms with E-state index in [9.17, 15) is 0 Å². The Hall–Kier alpha value is -1.06. The van der Waals surface area contributed by atoms with Gasteiger partial charge in [-0.25, -0.2) is 0 Å². The van der Waals surface area contributed by atoms with Crippen LogP contribution in [0, 0.1) is 12.8 Å². The number of benzene rings is 1. The first kappa shape index (κ1) is 16.0. The summed E-state index contributed by atoms with van der Waals surface area (Å²) >= 11 is 0. The van der Waals surface area contributed by atoms with Crippen molar-refractivity contribution in [2.45, 2.75) is 33.7 Å². The first-order valence-electron chi connectivity index (χ1n) is 7.05. The summed E-state index contributed by atoms with van der Waals surface area (Å²) < 4.78 is 10.9. The summed E-state index contributed by atoms with van der Waals surface area (Å²) in [6.45, 7) is 9.83. The van der Waals surface area contributed by atoms with Gasteiger partial charge in [0, 0.05) is 25.3 Å². The number of ether oxygens (including phenoxy) is 2. The minimum Gasteiger partial charge on any atom is -0.496 e. The molecule has 1 aromatic rings. The number of hydrogen-bond donors (Lipinski definition) is 1. The van der Waals surface area contributed by atoms with E-state index in [1.165, 1.54) is 11.1 Å². The van der Waals surface area contributed by atoms with Crippen LogP contribution in [0.3, 0.4) is 0 Å². The molecule has 3 heteroatoms. The molecule has 0 atom stereocenters. The van der Waals surface area contributed by atoms with E-state index >= 15 is 0 Å². The number of rotatable bonds is 9. The van der Waals surface area contributed by atoms with E-state index in [1.54, 1.807) is 7.11 Å². The minimum absolute atomic E-state index is 0.713. The minimum atomic E-state index is 0.713. The molecule has 0 aromatic heterocycles. The number of hydrogen-bond acceptors (Lipinski definition) is 3. The first-order valence-corrected chi connectivity index (χ1v) is 7.05. The Morgan fingerprint density at radius 3 is 2.68 bits per heavy atom. The van der Waals surface area contributed by atoms with Crippen LogP contribution in [-0.4, -0.2) is 26.9 Å². The van der Waals surface area contributed by atoms with E-state index in [-0.39, 0.29) is 0 Å². The molecule has 1 aromatic carbocycles. The van der Waals surface area contributed by atoms with E-state index in [0.717, 1.165) is 38.5 Å². The lowest BCUT2D eigenvalue weighted by Crippen LogP contribution is -2.20. The van der Waals surface area contributed by atoms with Crippen molar-refractivity contribution in [1.29, 1.82) is 0 Å². The van der Waals surface area contributed by atoms with Gasteiger partial charge in [-0.3, -0.25) is 0 Å². The lowest BCUT2D eigenvalue weighted by Gasteiger charge is -2.11. The molecule has 108 valence electrons. The maximum absolute atomic E-state index is 5.57. The van der Waals surface area contributed by atoms with E-state index in [4.69, 9.17) is 9.47 Å². The first-order chi connectivity index (χ1) is 9.13. The topological polar surface area (TPSA) is 30.5 Å². The van der Waals surface area contributed by atoms with E-state index in [1.807, 2.05) is 6.07 Å². The van der Waals surface area contributed by atoms with Crippen LogP contribution in [0.4, 0.5) is 0 Å². The summed E-state index contributed by atoms with van der Waals surface area (Å²) in [6.07, 6.45) is 1.13. The second kappa shape index (κ2) is 8.94. The third-order valence-electron chi connectivity index (χ3n) is 3.01. The highest BCUT2D eigenvalue weighted by molar-refractivity contribution is 5.36. The zero-order valence-corrected chi connectivity index (χ0v) is 12.7. The van der Waals surface area contributed by atoms with Crippen LogP contribution in [0.1, 0.15) is 31.4 Å². The fraction of sp³-hybridized carbons (Fsp3) is 0.625. The van der Waals surface area contributed by atoms with Crippen LogP contribution < -0.4 is 10.1 Å². The van der Waals surface area contributed by atoms with Gasteiger partial charge in [0.05, 0.1) is 13.7 Å². The normalized spacial score (nSPS) is 11.0. The fourth-order valence-corrected chi connectivity index (χ4v) is 1.83. The van der Waals surface area contributed by atoms with Crippen LogP contribution in [0.5, 0.6) is 5.75 Å². The van der Waals surface area contributed by atoms with Gasteiger partial charge in [-0.2, -0.15) is 0 Å². The number of nitrogens with one attached hydrogen (secondary N) is 1. The molecule has 0 fully saturated rings. The van der Waals surface area contributed by atoms with Gasteiger partial charge in [0.15, 0.2) is 0 Å². The van der Waals surface area contributed by atoms with Gasteiger partial charge in [0.1, 0.15) is 5.75 Å². The second-order valence-corrected chi connectivity index (χ2v) is 5.29. The molecule has 0 aliphatic carbocycles. The maximum Gasteiger partial charge on any atom is 0.123 e. The number of aryl methyl sites for hydroxylation is 1. The van der Waals surface area contributed by atoms with Gasteiger partial charge in [-0.15, -0.1) is 0 Å². The van der Waals surface area contributed by atoms with E-state index in [2.05, 4.69) is 38.2 Å². The van der Waals surface area contributed by atoms with Crippen molar-refractivity contribution in [1.82, 2.24) is 5.32 Å². The fourth-order valence-electron chi connectivity index (χ4n) is 1.83. The highest BCUT2D eigenvalue weighted by atomic mass is 16.5. The predicted molar refractivity (Wildman–Crippen MR) is 79.7 cm³/mol. The molecule has 0 aliphatic heterocycles. The largest absolute Gasteiger partial charge is 0.496 e. The molecule has 0 unspecified atom stereocenters. The average Bonchev–Trinajstić information content (AvgIpc) is 2.37. The summed E-state index contributed by atoms with van der Waals surface area (Å²) in [6, 6.07) is 6.24. The monoisotopic (exact) mass is 265 g/mol. The van der Waals surface area contributed by atoms with Crippen molar-refractivity contribution in [3.8, 4) is 5.75 Å². The summed E-state index contributed by atoms with van der Waals surface area (Å²) in [5.74, 6) is 1.66. The Morgan fingerprint density at radius 2 is 2.00 bits per heavy atom. The van der Waals surface area contributed by atoms with E-state index < -0.39 is 0 Å².